The smallest absolute Gasteiger partial charge is 0.0925 e. The summed E-state index contributed by atoms with van der Waals surface area (Å²) in [5, 5.41) is 7.40. The van der Waals surface area contributed by atoms with E-state index in [-0.39, 0.29) is 0 Å². The molecule has 2 heteroatoms. The maximum atomic E-state index is 3.90. The molecule has 0 saturated heterocycles. The SMILES string of the molecule is C=N/N=C1/C=CC(C)=C/C1=C/C.CC. The second kappa shape index (κ2) is 7.01. The van der Waals surface area contributed by atoms with Crippen LogP contribution in [-0.2, 0) is 0 Å². The number of hydrogen-bond acceptors (Lipinski definition) is 2. The lowest BCUT2D eigenvalue weighted by molar-refractivity contribution is 1.26. The Morgan fingerprint density at radius 2 is 1.93 bits per heavy atom. The maximum Gasteiger partial charge on any atom is 0.0925 e. The van der Waals surface area contributed by atoms with Crippen molar-refractivity contribution in [1.82, 2.24) is 0 Å². The van der Waals surface area contributed by atoms with Gasteiger partial charge in [-0.15, -0.1) is 0 Å². The van der Waals surface area contributed by atoms with Crippen molar-refractivity contribution in [3.8, 4) is 0 Å². The highest BCUT2D eigenvalue weighted by Crippen LogP contribution is 2.13. The highest BCUT2D eigenvalue weighted by Gasteiger charge is 2.04. The van der Waals surface area contributed by atoms with E-state index in [1.807, 2.05) is 39.0 Å². The van der Waals surface area contributed by atoms with E-state index in [1.165, 1.54) is 5.57 Å². The summed E-state index contributed by atoms with van der Waals surface area (Å²) in [5.74, 6) is 0. The number of rotatable bonds is 1. The molecule has 14 heavy (non-hydrogen) atoms. The second-order valence-electron chi connectivity index (χ2n) is 2.59. The fourth-order valence-electron chi connectivity index (χ4n) is 1.07. The molecule has 1 aliphatic carbocycles. The molecule has 0 aromatic heterocycles. The first-order valence-corrected chi connectivity index (χ1v) is 4.84. The molecule has 0 N–H and O–H groups in total. The average molecular weight is 190 g/mol. The number of allylic oxidation sites excluding steroid dienone is 6. The zero-order chi connectivity index (χ0) is 11.0. The summed E-state index contributed by atoms with van der Waals surface area (Å²) >= 11 is 0. The van der Waals surface area contributed by atoms with Crippen LogP contribution in [0.3, 0.4) is 0 Å². The lowest BCUT2D eigenvalue weighted by Gasteiger charge is -2.06. The van der Waals surface area contributed by atoms with Crippen LogP contribution in [0, 0.1) is 0 Å². The zero-order valence-corrected chi connectivity index (χ0v) is 9.41. The van der Waals surface area contributed by atoms with Crippen molar-refractivity contribution in [3.05, 3.63) is 35.5 Å². The number of hydrogen-bond donors (Lipinski definition) is 0. The molecule has 0 saturated carbocycles. The Balaban J connectivity index is 0.000000791. The molecule has 0 fully saturated rings. The molecular formula is C12H18N2. The Hall–Kier alpha value is -1.44. The first-order chi connectivity index (χ1) is 6.77. The summed E-state index contributed by atoms with van der Waals surface area (Å²) in [4.78, 5) is 0. The van der Waals surface area contributed by atoms with Gasteiger partial charge in [0.1, 0.15) is 0 Å². The van der Waals surface area contributed by atoms with Gasteiger partial charge in [0.2, 0.25) is 0 Å². The standard InChI is InChI=1S/C10H12N2.C2H6/c1-4-9-7-8(2)5-6-10(9)12-11-3;1-2/h4-7H,3H2,1-2H3;1-2H3/b9-4-,12-10-;. The van der Waals surface area contributed by atoms with E-state index in [1.54, 1.807) is 0 Å². The Morgan fingerprint density at radius 1 is 1.29 bits per heavy atom. The van der Waals surface area contributed by atoms with Gasteiger partial charge in [0, 0.05) is 6.72 Å². The van der Waals surface area contributed by atoms with Crippen molar-refractivity contribution < 1.29 is 0 Å². The molecule has 0 aromatic rings. The molecule has 0 amide bonds. The molecule has 0 aromatic carbocycles. The highest BCUT2D eigenvalue weighted by atomic mass is 15.2. The van der Waals surface area contributed by atoms with Crippen molar-refractivity contribution in [3.63, 3.8) is 0 Å². The van der Waals surface area contributed by atoms with E-state index in [2.05, 4.69) is 29.9 Å². The molecule has 0 bridgehead atoms. The molecule has 0 atom stereocenters. The third-order valence-electron chi connectivity index (χ3n) is 1.67. The van der Waals surface area contributed by atoms with Crippen LogP contribution < -0.4 is 0 Å². The molecule has 1 aliphatic rings. The minimum absolute atomic E-state index is 0.873. The van der Waals surface area contributed by atoms with Gasteiger partial charge < -0.3 is 0 Å². The second-order valence-corrected chi connectivity index (χ2v) is 2.59. The predicted octanol–water partition coefficient (Wildman–Crippen LogP) is 3.53. The third-order valence-corrected chi connectivity index (χ3v) is 1.67. The summed E-state index contributed by atoms with van der Waals surface area (Å²) < 4.78 is 0. The van der Waals surface area contributed by atoms with Crippen molar-refractivity contribution in [2.75, 3.05) is 0 Å². The lowest BCUT2D eigenvalue weighted by atomic mass is 10.0. The van der Waals surface area contributed by atoms with Crippen LogP contribution in [0.1, 0.15) is 27.7 Å². The van der Waals surface area contributed by atoms with Crippen LogP contribution >= 0.6 is 0 Å². The van der Waals surface area contributed by atoms with Crippen LogP contribution in [0.2, 0.25) is 0 Å². The molecule has 76 valence electrons. The van der Waals surface area contributed by atoms with E-state index in [0.717, 1.165) is 11.3 Å². The van der Waals surface area contributed by atoms with Gasteiger partial charge in [-0.25, -0.2) is 0 Å². The van der Waals surface area contributed by atoms with Crippen LogP contribution in [0.25, 0.3) is 0 Å². The normalized spacial score (nSPS) is 20.1. The monoisotopic (exact) mass is 190 g/mol. The van der Waals surface area contributed by atoms with Crippen LogP contribution in [0.15, 0.2) is 45.7 Å². The zero-order valence-electron chi connectivity index (χ0n) is 9.41. The van der Waals surface area contributed by atoms with E-state index >= 15 is 0 Å². The summed E-state index contributed by atoms with van der Waals surface area (Å²) in [6, 6.07) is 0. The van der Waals surface area contributed by atoms with Crippen LogP contribution in [0.4, 0.5) is 0 Å². The fourth-order valence-corrected chi connectivity index (χ4v) is 1.07. The van der Waals surface area contributed by atoms with Crippen molar-refractivity contribution in [1.29, 1.82) is 0 Å². The topological polar surface area (TPSA) is 24.7 Å². The van der Waals surface area contributed by atoms with Gasteiger partial charge in [0.25, 0.3) is 0 Å². The molecule has 2 nitrogen and oxygen atoms in total. The lowest BCUT2D eigenvalue weighted by Crippen LogP contribution is -2.00. The predicted molar refractivity (Wildman–Crippen MR) is 65.0 cm³/mol. The first kappa shape index (κ1) is 12.6. The van der Waals surface area contributed by atoms with E-state index in [9.17, 15) is 0 Å². The fraction of sp³-hybridized carbons (Fsp3) is 0.333. The Bertz CT molecular complexity index is 304. The minimum atomic E-state index is 0.873. The van der Waals surface area contributed by atoms with E-state index in [0.29, 0.717) is 0 Å². The van der Waals surface area contributed by atoms with Crippen molar-refractivity contribution in [2.24, 2.45) is 10.2 Å². The van der Waals surface area contributed by atoms with E-state index in [4.69, 9.17) is 0 Å². The summed E-state index contributed by atoms with van der Waals surface area (Å²) in [7, 11) is 0. The highest BCUT2D eigenvalue weighted by molar-refractivity contribution is 6.11. The van der Waals surface area contributed by atoms with Crippen LogP contribution in [-0.4, -0.2) is 12.4 Å². The van der Waals surface area contributed by atoms with E-state index < -0.39 is 0 Å². The van der Waals surface area contributed by atoms with Gasteiger partial charge in [-0.2, -0.15) is 10.2 Å². The quantitative estimate of drug-likeness (QED) is 0.446. The van der Waals surface area contributed by atoms with Crippen molar-refractivity contribution in [2.45, 2.75) is 27.7 Å². The Kier molecular flexibility index (Phi) is 6.29. The van der Waals surface area contributed by atoms with Crippen LogP contribution in [0.5, 0.6) is 0 Å². The molecule has 0 spiro atoms. The van der Waals surface area contributed by atoms with Crippen molar-refractivity contribution >= 4 is 12.4 Å². The molecule has 1 rings (SSSR count). The Labute approximate surface area is 86.4 Å². The van der Waals surface area contributed by atoms with Gasteiger partial charge in [-0.3, -0.25) is 0 Å². The molecule has 0 radical (unpaired) electrons. The summed E-state index contributed by atoms with van der Waals surface area (Å²) in [5.41, 5.74) is 3.20. The van der Waals surface area contributed by atoms with Gasteiger partial charge in [-0.05, 0) is 25.5 Å². The summed E-state index contributed by atoms with van der Waals surface area (Å²) in [6.07, 6.45) is 8.04. The number of nitrogens with zero attached hydrogens (tertiary/aromatic N) is 2. The summed E-state index contributed by atoms with van der Waals surface area (Å²) in [6.45, 7) is 11.4. The van der Waals surface area contributed by atoms with Gasteiger partial charge in [0.05, 0.1) is 5.71 Å². The minimum Gasteiger partial charge on any atom is -0.166 e. The molecule has 0 aliphatic heterocycles. The van der Waals surface area contributed by atoms with Gasteiger partial charge in [0.15, 0.2) is 0 Å². The first-order valence-electron chi connectivity index (χ1n) is 4.84. The molecular weight excluding hydrogens is 172 g/mol. The largest absolute Gasteiger partial charge is 0.166 e. The van der Waals surface area contributed by atoms with Gasteiger partial charge >= 0.3 is 0 Å². The van der Waals surface area contributed by atoms with Gasteiger partial charge in [-0.1, -0.05) is 37.6 Å². The molecule has 0 unspecified atom stereocenters. The Morgan fingerprint density at radius 3 is 2.43 bits per heavy atom. The third kappa shape index (κ3) is 3.52. The average Bonchev–Trinajstić information content (AvgIpc) is 2.24. The maximum absolute atomic E-state index is 3.90. The molecule has 0 heterocycles.